The van der Waals surface area contributed by atoms with Gasteiger partial charge in [-0.05, 0) is 93.4 Å². The number of hydrogen-bond acceptors (Lipinski definition) is 5. The molecule has 0 fully saturated rings. The van der Waals surface area contributed by atoms with Crippen molar-refractivity contribution in [2.24, 2.45) is 0 Å². The third kappa shape index (κ3) is 8.53. The second-order valence-corrected chi connectivity index (χ2v) is 12.3. The highest BCUT2D eigenvalue weighted by molar-refractivity contribution is 9.10. The lowest BCUT2D eigenvalue weighted by Crippen LogP contribution is -2.52. The lowest BCUT2D eigenvalue weighted by atomic mass is 10.1. The van der Waals surface area contributed by atoms with Crippen molar-refractivity contribution < 1.29 is 27.1 Å². The monoisotopic (exact) mass is 647 g/mol. The summed E-state index contributed by atoms with van der Waals surface area (Å²) >= 11 is 3.43. The van der Waals surface area contributed by atoms with Crippen LogP contribution in [-0.2, 0) is 26.2 Å². The number of anilines is 1. The van der Waals surface area contributed by atoms with Crippen molar-refractivity contribution in [1.29, 1.82) is 0 Å². The number of sulfonamides is 1. The summed E-state index contributed by atoms with van der Waals surface area (Å²) in [5.74, 6) is -1.01. The average Bonchev–Trinajstić information content (AvgIpc) is 2.95. The molecule has 41 heavy (non-hydrogen) atoms. The number of halogens is 2. The van der Waals surface area contributed by atoms with E-state index in [4.69, 9.17) is 4.74 Å². The van der Waals surface area contributed by atoms with Gasteiger partial charge in [0.2, 0.25) is 11.8 Å². The van der Waals surface area contributed by atoms with E-state index in [0.717, 1.165) is 26.5 Å². The van der Waals surface area contributed by atoms with Gasteiger partial charge >= 0.3 is 0 Å². The largest absolute Gasteiger partial charge is 0.494 e. The van der Waals surface area contributed by atoms with E-state index in [0.29, 0.717) is 18.8 Å². The molecule has 3 aromatic rings. The molecule has 2 amide bonds. The van der Waals surface area contributed by atoms with E-state index in [9.17, 15) is 22.4 Å². The highest BCUT2D eigenvalue weighted by atomic mass is 79.9. The summed E-state index contributed by atoms with van der Waals surface area (Å²) < 4.78 is 48.7. The first-order valence-electron chi connectivity index (χ1n) is 13.3. The molecule has 220 valence electrons. The second kappa shape index (κ2) is 14.5. The molecule has 0 saturated heterocycles. The van der Waals surface area contributed by atoms with E-state index in [1.807, 2.05) is 45.0 Å². The molecule has 3 aromatic carbocycles. The van der Waals surface area contributed by atoms with E-state index >= 15 is 0 Å². The fourth-order valence-corrected chi connectivity index (χ4v) is 5.88. The molecule has 0 aliphatic heterocycles. The second-order valence-electron chi connectivity index (χ2n) is 9.54. The molecule has 0 heterocycles. The van der Waals surface area contributed by atoms with Gasteiger partial charge in [-0.1, -0.05) is 35.0 Å². The van der Waals surface area contributed by atoms with Gasteiger partial charge in [0.25, 0.3) is 10.0 Å². The van der Waals surface area contributed by atoms with Crippen LogP contribution in [0.3, 0.4) is 0 Å². The van der Waals surface area contributed by atoms with E-state index < -0.39 is 34.3 Å². The average molecular weight is 649 g/mol. The van der Waals surface area contributed by atoms with Crippen LogP contribution in [0.2, 0.25) is 0 Å². The molecule has 0 aliphatic rings. The minimum Gasteiger partial charge on any atom is -0.494 e. The first-order valence-corrected chi connectivity index (χ1v) is 15.5. The van der Waals surface area contributed by atoms with Crippen LogP contribution in [0, 0.1) is 5.82 Å². The summed E-state index contributed by atoms with van der Waals surface area (Å²) in [5, 5.41) is 2.90. The first kappa shape index (κ1) is 32.1. The molecule has 0 spiro atoms. The van der Waals surface area contributed by atoms with Gasteiger partial charge in [0, 0.05) is 17.1 Å². The van der Waals surface area contributed by atoms with Crippen molar-refractivity contribution in [3.05, 3.63) is 88.6 Å². The minimum absolute atomic E-state index is 0.0632. The molecule has 11 heteroatoms. The Bertz CT molecular complexity index is 1440. The molecule has 2 atom stereocenters. The van der Waals surface area contributed by atoms with E-state index in [2.05, 4.69) is 21.2 Å². The number of amides is 2. The Morgan fingerprint density at radius 2 is 1.66 bits per heavy atom. The van der Waals surface area contributed by atoms with Crippen LogP contribution in [-0.4, -0.2) is 50.4 Å². The minimum atomic E-state index is -4.28. The Labute approximate surface area is 249 Å². The van der Waals surface area contributed by atoms with Gasteiger partial charge in [-0.15, -0.1) is 0 Å². The lowest BCUT2D eigenvalue weighted by molar-refractivity contribution is -0.139. The predicted octanol–water partition coefficient (Wildman–Crippen LogP) is 5.51. The maximum Gasteiger partial charge on any atom is 0.264 e. The summed E-state index contributed by atoms with van der Waals surface area (Å²) in [6.07, 6.45) is 0.705. The third-order valence-electron chi connectivity index (χ3n) is 6.53. The van der Waals surface area contributed by atoms with Crippen molar-refractivity contribution in [3.8, 4) is 5.75 Å². The number of carbonyl (C=O) groups excluding carboxylic acids is 2. The number of nitrogens with zero attached hydrogens (tertiary/aromatic N) is 2. The Morgan fingerprint density at radius 1 is 1.00 bits per heavy atom. The molecular formula is C30H35BrFN3O5S. The van der Waals surface area contributed by atoms with Gasteiger partial charge in [-0.3, -0.25) is 13.9 Å². The lowest BCUT2D eigenvalue weighted by Gasteiger charge is -2.32. The van der Waals surface area contributed by atoms with Crippen LogP contribution in [0.25, 0.3) is 0 Å². The van der Waals surface area contributed by atoms with Gasteiger partial charge in [0.1, 0.15) is 24.2 Å². The van der Waals surface area contributed by atoms with Crippen molar-refractivity contribution in [1.82, 2.24) is 10.2 Å². The first-order chi connectivity index (χ1) is 19.5. The Kier molecular flexibility index (Phi) is 11.3. The van der Waals surface area contributed by atoms with Gasteiger partial charge < -0.3 is 15.0 Å². The molecular weight excluding hydrogens is 613 g/mol. The third-order valence-corrected chi connectivity index (χ3v) is 8.81. The van der Waals surface area contributed by atoms with E-state index in [1.165, 1.54) is 41.3 Å². The molecule has 0 unspecified atom stereocenters. The van der Waals surface area contributed by atoms with Crippen molar-refractivity contribution in [2.45, 2.75) is 57.6 Å². The maximum atomic E-state index is 13.9. The number of carbonyl (C=O) groups is 2. The van der Waals surface area contributed by atoms with Crippen LogP contribution >= 0.6 is 15.9 Å². The fourth-order valence-electron chi connectivity index (χ4n) is 4.02. The number of ether oxygens (including phenoxy) is 1. The standard InChI is InChI=1S/C30H35BrFN3O5S/c1-5-21(3)33-30(37)22(4)34(19-23-8-7-9-24(31)18-23)29(36)20-35(26-12-10-25(32)11-13-26)41(38,39)28-16-14-27(15-17-28)40-6-2/h7-18,21-22H,5-6,19-20H2,1-4H3,(H,33,37)/t21-,22+/m0/s1. The quantitative estimate of drug-likeness (QED) is 0.264. The normalized spacial score (nSPS) is 12.7. The van der Waals surface area contributed by atoms with Crippen molar-refractivity contribution >= 4 is 43.5 Å². The molecule has 0 aromatic heterocycles. The van der Waals surface area contributed by atoms with E-state index in [1.54, 1.807) is 6.92 Å². The number of hydrogen-bond donors (Lipinski definition) is 1. The molecule has 3 rings (SSSR count). The fraction of sp³-hybridized carbons (Fsp3) is 0.333. The molecule has 0 saturated carbocycles. The zero-order chi connectivity index (χ0) is 30.2. The van der Waals surface area contributed by atoms with Crippen LogP contribution in [0.15, 0.2) is 82.2 Å². The smallest absolute Gasteiger partial charge is 0.264 e. The highest BCUT2D eigenvalue weighted by Crippen LogP contribution is 2.26. The predicted molar refractivity (Wildman–Crippen MR) is 161 cm³/mol. The summed E-state index contributed by atoms with van der Waals surface area (Å²) in [5.41, 5.74) is 0.853. The Morgan fingerprint density at radius 3 is 2.24 bits per heavy atom. The summed E-state index contributed by atoms with van der Waals surface area (Å²) in [6, 6.07) is 17.0. The SMILES string of the molecule is CCOc1ccc(S(=O)(=O)N(CC(=O)N(Cc2cccc(Br)c2)[C@H](C)C(=O)N[C@@H](C)CC)c2ccc(F)cc2)cc1. The molecule has 0 aliphatic carbocycles. The van der Waals surface area contributed by atoms with Gasteiger partial charge in [0.15, 0.2) is 0 Å². The highest BCUT2D eigenvalue weighted by Gasteiger charge is 2.33. The van der Waals surface area contributed by atoms with Crippen LogP contribution in [0.5, 0.6) is 5.75 Å². The van der Waals surface area contributed by atoms with Gasteiger partial charge in [0.05, 0.1) is 17.2 Å². The zero-order valence-corrected chi connectivity index (χ0v) is 25.9. The molecule has 8 nitrogen and oxygen atoms in total. The molecule has 0 radical (unpaired) electrons. The topological polar surface area (TPSA) is 96.0 Å². The Hall–Kier alpha value is -3.44. The zero-order valence-electron chi connectivity index (χ0n) is 23.5. The molecule has 1 N–H and O–H groups in total. The Balaban J connectivity index is 2.01. The molecule has 0 bridgehead atoms. The van der Waals surface area contributed by atoms with Crippen LogP contribution in [0.1, 0.15) is 39.7 Å². The number of nitrogens with one attached hydrogen (secondary N) is 1. The number of benzene rings is 3. The van der Waals surface area contributed by atoms with E-state index in [-0.39, 0.29) is 29.1 Å². The summed E-state index contributed by atoms with van der Waals surface area (Å²) in [7, 11) is -4.28. The van der Waals surface area contributed by atoms with Gasteiger partial charge in [-0.2, -0.15) is 0 Å². The van der Waals surface area contributed by atoms with Gasteiger partial charge in [-0.25, -0.2) is 12.8 Å². The van der Waals surface area contributed by atoms with Crippen LogP contribution < -0.4 is 14.4 Å². The van der Waals surface area contributed by atoms with Crippen molar-refractivity contribution in [2.75, 3.05) is 17.5 Å². The van der Waals surface area contributed by atoms with Crippen molar-refractivity contribution in [3.63, 3.8) is 0 Å². The summed E-state index contributed by atoms with van der Waals surface area (Å²) in [6.45, 7) is 7.09. The summed E-state index contributed by atoms with van der Waals surface area (Å²) in [4.78, 5) is 28.3. The van der Waals surface area contributed by atoms with Crippen LogP contribution in [0.4, 0.5) is 10.1 Å². The maximum absolute atomic E-state index is 13.9. The number of rotatable bonds is 13.